The molecule has 2 fully saturated rings. The van der Waals surface area contributed by atoms with Crippen LogP contribution in [-0.4, -0.2) is 77.0 Å². The molecule has 2 aromatic rings. The number of nitrogens with one attached hydrogen (secondary N) is 2. The highest BCUT2D eigenvalue weighted by Crippen LogP contribution is 2.24. The first-order valence-electron chi connectivity index (χ1n) is 11.9. The number of morpholine rings is 1. The lowest BCUT2D eigenvalue weighted by molar-refractivity contribution is -0.117. The lowest BCUT2D eigenvalue weighted by atomic mass is 10.1. The Morgan fingerprint density at radius 1 is 1.14 bits per heavy atom. The number of nitrogens with zero attached hydrogens (tertiary/aromatic N) is 4. The number of ether oxygens (including phenoxy) is 1. The average molecular weight is 494 g/mol. The summed E-state index contributed by atoms with van der Waals surface area (Å²) in [7, 11) is 0. The van der Waals surface area contributed by atoms with E-state index in [9.17, 15) is 14.4 Å². The molecule has 3 unspecified atom stereocenters. The minimum absolute atomic E-state index is 0.0121. The number of primary amides is 1. The van der Waals surface area contributed by atoms with Crippen LogP contribution in [0.4, 0.5) is 17.5 Å². The molecule has 4 N–H and O–H groups in total. The average Bonchev–Trinajstić information content (AvgIpc) is 3.31. The van der Waals surface area contributed by atoms with E-state index in [-0.39, 0.29) is 41.4 Å². The number of anilines is 3. The molecule has 0 spiro atoms. The Morgan fingerprint density at radius 3 is 2.47 bits per heavy atom. The molecule has 2 saturated heterocycles. The maximum atomic E-state index is 12.9. The van der Waals surface area contributed by atoms with Crippen molar-refractivity contribution in [2.75, 3.05) is 36.4 Å². The molecule has 3 heterocycles. The zero-order valence-corrected chi connectivity index (χ0v) is 20.4. The van der Waals surface area contributed by atoms with E-state index in [0.717, 1.165) is 6.42 Å². The van der Waals surface area contributed by atoms with Crippen LogP contribution in [0.5, 0.6) is 0 Å². The predicted molar refractivity (Wildman–Crippen MR) is 135 cm³/mol. The number of carbonyl (C=O) groups excluding carboxylic acids is 3. The molecule has 4 rings (SSSR count). The van der Waals surface area contributed by atoms with E-state index >= 15 is 0 Å². The highest BCUT2D eigenvalue weighted by atomic mass is 16.5. The molecule has 1 aromatic heterocycles. The number of benzene rings is 1. The number of amides is 3. The monoisotopic (exact) mass is 493 g/mol. The number of aromatic nitrogens is 2. The van der Waals surface area contributed by atoms with E-state index < -0.39 is 5.91 Å². The minimum atomic E-state index is -0.663. The fourth-order valence-electron chi connectivity index (χ4n) is 4.48. The van der Waals surface area contributed by atoms with Crippen LogP contribution >= 0.6 is 0 Å². The smallest absolute Gasteiger partial charge is 0.254 e. The van der Waals surface area contributed by atoms with Gasteiger partial charge in [0, 0.05) is 49.7 Å². The second kappa shape index (κ2) is 10.7. The summed E-state index contributed by atoms with van der Waals surface area (Å²) < 4.78 is 5.71. The Labute approximate surface area is 209 Å². The maximum Gasteiger partial charge on any atom is 0.254 e. The van der Waals surface area contributed by atoms with Crippen molar-refractivity contribution < 1.29 is 19.1 Å². The minimum Gasteiger partial charge on any atom is -0.372 e. The van der Waals surface area contributed by atoms with Crippen molar-refractivity contribution in [3.8, 4) is 0 Å². The van der Waals surface area contributed by atoms with Crippen molar-refractivity contribution in [1.29, 1.82) is 0 Å². The lowest BCUT2D eigenvalue weighted by Crippen LogP contribution is -2.48. The van der Waals surface area contributed by atoms with Gasteiger partial charge in [0.25, 0.3) is 11.8 Å². The summed E-state index contributed by atoms with van der Waals surface area (Å²) in [5, 5.41) is 6.00. The molecule has 0 saturated carbocycles. The van der Waals surface area contributed by atoms with Gasteiger partial charge in [-0.2, -0.15) is 4.98 Å². The van der Waals surface area contributed by atoms with Gasteiger partial charge in [-0.25, -0.2) is 4.98 Å². The van der Waals surface area contributed by atoms with E-state index in [1.165, 1.54) is 12.3 Å². The van der Waals surface area contributed by atoms with Crippen molar-refractivity contribution in [3.63, 3.8) is 0 Å². The summed E-state index contributed by atoms with van der Waals surface area (Å²) in [6.07, 6.45) is 3.34. The third kappa shape index (κ3) is 5.80. The highest BCUT2D eigenvalue weighted by molar-refractivity contribution is 5.98. The van der Waals surface area contributed by atoms with Gasteiger partial charge in [-0.1, -0.05) is 6.58 Å². The van der Waals surface area contributed by atoms with Crippen molar-refractivity contribution in [1.82, 2.24) is 20.2 Å². The summed E-state index contributed by atoms with van der Waals surface area (Å²) in [6.45, 7) is 9.65. The van der Waals surface area contributed by atoms with Crippen LogP contribution in [0.1, 0.15) is 41.0 Å². The fourth-order valence-corrected chi connectivity index (χ4v) is 4.48. The van der Waals surface area contributed by atoms with Gasteiger partial charge in [0.05, 0.1) is 12.2 Å². The molecule has 2 aliphatic rings. The first kappa shape index (κ1) is 25.1. The van der Waals surface area contributed by atoms with Crippen LogP contribution in [-0.2, 0) is 9.53 Å². The standard InChI is InChI=1S/C25H31N7O4/c1-4-21(33)28-19-9-10-31(14-19)25-27-11-20(22(26)34)23(30-25)29-18-7-5-17(6-8-18)24(35)32-12-15(2)36-16(3)13-32/h4-8,11,15-16,19H,1,9-10,12-14H2,2-3H3,(H2,26,34)(H,28,33)(H,27,29,30). The van der Waals surface area contributed by atoms with Crippen LogP contribution in [0.2, 0.25) is 0 Å². The topological polar surface area (TPSA) is 143 Å². The second-order valence-electron chi connectivity index (χ2n) is 9.11. The van der Waals surface area contributed by atoms with Crippen LogP contribution in [0.3, 0.4) is 0 Å². The molecular weight excluding hydrogens is 462 g/mol. The second-order valence-corrected chi connectivity index (χ2v) is 9.11. The molecule has 0 bridgehead atoms. The molecular formula is C25H31N7O4. The van der Waals surface area contributed by atoms with Crippen molar-refractivity contribution in [2.45, 2.75) is 38.5 Å². The lowest BCUT2D eigenvalue weighted by Gasteiger charge is -2.35. The molecule has 0 aliphatic carbocycles. The normalized spacial score (nSPS) is 21.7. The van der Waals surface area contributed by atoms with Crippen molar-refractivity contribution in [3.05, 3.63) is 54.2 Å². The largest absolute Gasteiger partial charge is 0.372 e. The van der Waals surface area contributed by atoms with E-state index in [1.807, 2.05) is 18.7 Å². The van der Waals surface area contributed by atoms with Crippen LogP contribution in [0, 0.1) is 0 Å². The van der Waals surface area contributed by atoms with E-state index in [4.69, 9.17) is 10.5 Å². The van der Waals surface area contributed by atoms with Crippen LogP contribution < -0.4 is 21.3 Å². The molecule has 3 amide bonds. The summed E-state index contributed by atoms with van der Waals surface area (Å²) in [5.74, 6) is -0.267. The van der Waals surface area contributed by atoms with E-state index in [0.29, 0.717) is 43.4 Å². The third-order valence-electron chi connectivity index (χ3n) is 6.15. The Bertz CT molecular complexity index is 1140. The Kier molecular flexibility index (Phi) is 7.49. The highest BCUT2D eigenvalue weighted by Gasteiger charge is 2.28. The van der Waals surface area contributed by atoms with Gasteiger partial charge in [-0.3, -0.25) is 14.4 Å². The summed E-state index contributed by atoms with van der Waals surface area (Å²) in [5.41, 5.74) is 6.89. The number of hydrogen-bond acceptors (Lipinski definition) is 8. The van der Waals surface area contributed by atoms with Crippen LogP contribution in [0.25, 0.3) is 0 Å². The third-order valence-corrected chi connectivity index (χ3v) is 6.15. The SMILES string of the molecule is C=CC(=O)NC1CCN(c2ncc(C(N)=O)c(Nc3ccc(C(=O)N4CC(C)OC(C)C4)cc3)n2)C1. The Morgan fingerprint density at radius 2 is 1.83 bits per heavy atom. The molecule has 36 heavy (non-hydrogen) atoms. The van der Waals surface area contributed by atoms with Gasteiger partial charge in [-0.15, -0.1) is 0 Å². The van der Waals surface area contributed by atoms with E-state index in [2.05, 4.69) is 27.2 Å². The number of hydrogen-bond donors (Lipinski definition) is 3. The fraction of sp³-hybridized carbons (Fsp3) is 0.400. The van der Waals surface area contributed by atoms with Crippen molar-refractivity contribution in [2.24, 2.45) is 5.73 Å². The van der Waals surface area contributed by atoms with Gasteiger partial charge in [0.15, 0.2) is 0 Å². The summed E-state index contributed by atoms with van der Waals surface area (Å²) in [4.78, 5) is 49.1. The molecule has 11 heteroatoms. The summed E-state index contributed by atoms with van der Waals surface area (Å²) in [6, 6.07) is 6.92. The van der Waals surface area contributed by atoms with Gasteiger partial charge in [0.2, 0.25) is 11.9 Å². The molecule has 3 atom stereocenters. The molecule has 2 aliphatic heterocycles. The predicted octanol–water partition coefficient (Wildman–Crippen LogP) is 1.45. The van der Waals surface area contributed by atoms with Gasteiger partial charge in [-0.05, 0) is 50.6 Å². The molecule has 11 nitrogen and oxygen atoms in total. The van der Waals surface area contributed by atoms with Gasteiger partial charge < -0.3 is 30.9 Å². The quantitative estimate of drug-likeness (QED) is 0.492. The van der Waals surface area contributed by atoms with Crippen molar-refractivity contribution >= 4 is 35.2 Å². The van der Waals surface area contributed by atoms with Gasteiger partial charge >= 0.3 is 0 Å². The molecule has 0 radical (unpaired) electrons. The van der Waals surface area contributed by atoms with E-state index in [1.54, 1.807) is 29.2 Å². The zero-order valence-electron chi connectivity index (χ0n) is 20.4. The molecule has 1 aromatic carbocycles. The first-order valence-corrected chi connectivity index (χ1v) is 11.9. The molecule has 190 valence electrons. The number of carbonyl (C=O) groups is 3. The Balaban J connectivity index is 1.48. The van der Waals surface area contributed by atoms with Crippen LogP contribution in [0.15, 0.2) is 43.1 Å². The number of nitrogens with two attached hydrogens (primary N) is 1. The Hall–Kier alpha value is -3.99. The summed E-state index contributed by atoms with van der Waals surface area (Å²) >= 11 is 0. The first-order chi connectivity index (χ1) is 17.2. The maximum absolute atomic E-state index is 12.9. The zero-order chi connectivity index (χ0) is 25.8. The van der Waals surface area contributed by atoms with Gasteiger partial charge in [0.1, 0.15) is 11.4 Å². The number of rotatable bonds is 7.